The summed E-state index contributed by atoms with van der Waals surface area (Å²) in [7, 11) is 0. The summed E-state index contributed by atoms with van der Waals surface area (Å²) in [4.78, 5) is 0. The van der Waals surface area contributed by atoms with Crippen molar-refractivity contribution in [3.63, 3.8) is 0 Å². The van der Waals surface area contributed by atoms with Crippen molar-refractivity contribution >= 4 is 0 Å². The van der Waals surface area contributed by atoms with E-state index in [0.29, 0.717) is 159 Å². The summed E-state index contributed by atoms with van der Waals surface area (Å²) >= 11 is 0. The highest BCUT2D eigenvalue weighted by molar-refractivity contribution is 5.20. The highest BCUT2D eigenvalue weighted by Crippen LogP contribution is 2.07. The maximum atomic E-state index is 5.55. The maximum absolute atomic E-state index is 5.55. The zero-order valence-corrected chi connectivity index (χ0v) is 28.2. The Hall–Kier alpha value is -1.46. The lowest BCUT2D eigenvalue weighted by Crippen LogP contribution is -2.15. The van der Waals surface area contributed by atoms with Gasteiger partial charge in [-0.15, -0.1) is 0 Å². The van der Waals surface area contributed by atoms with Crippen molar-refractivity contribution in [2.45, 2.75) is 20.0 Å². The first-order valence-electron chi connectivity index (χ1n) is 16.4. The topological polar surface area (TPSA) is 120 Å². The van der Waals surface area contributed by atoms with E-state index in [1.165, 1.54) is 0 Å². The molecule has 0 N–H and O–H groups in total. The predicted octanol–water partition coefficient (Wildman–Crippen LogP) is 2.67. The number of rotatable bonds is 38. The Kier molecular flexibility index (Phi) is 33.7. The molecule has 1 aromatic rings. The SMILES string of the molecule is CC(C)OCCOCCOCCOCCOCCOCCOCCOCCOCCOCCOCCOCCOc1ccccc1. The van der Waals surface area contributed by atoms with Crippen LogP contribution in [-0.4, -0.2) is 165 Å². The summed E-state index contributed by atoms with van der Waals surface area (Å²) in [5.74, 6) is 0.844. The van der Waals surface area contributed by atoms with Crippen LogP contribution in [-0.2, 0) is 56.8 Å². The molecule has 0 aliphatic carbocycles. The third kappa shape index (κ3) is 33.9. The molecule has 1 rings (SSSR count). The van der Waals surface area contributed by atoms with E-state index in [4.69, 9.17) is 61.6 Å². The molecular formula is C33H60O13. The first-order chi connectivity index (χ1) is 22.8. The van der Waals surface area contributed by atoms with E-state index in [1.54, 1.807) is 0 Å². The van der Waals surface area contributed by atoms with Crippen molar-refractivity contribution in [3.8, 4) is 5.75 Å². The van der Waals surface area contributed by atoms with Crippen LogP contribution in [0.3, 0.4) is 0 Å². The number of ether oxygens (including phenoxy) is 13. The molecule has 1 aromatic carbocycles. The molecule has 0 aliphatic rings. The lowest BCUT2D eigenvalue weighted by molar-refractivity contribution is -0.0294. The molecule has 0 aliphatic heterocycles. The molecule has 0 aromatic heterocycles. The summed E-state index contributed by atoms with van der Waals surface area (Å²) in [6, 6.07) is 9.67. The molecule has 270 valence electrons. The van der Waals surface area contributed by atoms with E-state index in [2.05, 4.69) is 0 Å². The Morgan fingerprint density at radius 3 is 0.826 bits per heavy atom. The Labute approximate surface area is 276 Å². The Morgan fingerprint density at radius 1 is 0.326 bits per heavy atom. The molecule has 13 nitrogen and oxygen atoms in total. The second-order valence-electron chi connectivity index (χ2n) is 9.82. The Morgan fingerprint density at radius 2 is 0.565 bits per heavy atom. The molecule has 0 fully saturated rings. The molecule has 0 unspecified atom stereocenters. The summed E-state index contributed by atoms with van der Waals surface area (Å²) < 4.78 is 71.1. The third-order valence-corrected chi connectivity index (χ3v) is 5.64. The largest absolute Gasteiger partial charge is 0.491 e. The van der Waals surface area contributed by atoms with Gasteiger partial charge in [-0.25, -0.2) is 0 Å². The smallest absolute Gasteiger partial charge is 0.119 e. The molecule has 0 bridgehead atoms. The molecule has 0 saturated heterocycles. The van der Waals surface area contributed by atoms with Crippen LogP contribution in [0.2, 0.25) is 0 Å². The Balaban J connectivity index is 1.61. The van der Waals surface area contributed by atoms with Crippen molar-refractivity contribution < 1.29 is 61.6 Å². The summed E-state index contributed by atoms with van der Waals surface area (Å²) in [5.41, 5.74) is 0. The highest BCUT2D eigenvalue weighted by atomic mass is 16.6. The average Bonchev–Trinajstić information content (AvgIpc) is 3.06. The quantitative estimate of drug-likeness (QED) is 0.0965. The van der Waals surface area contributed by atoms with E-state index in [1.807, 2.05) is 44.2 Å². The lowest BCUT2D eigenvalue weighted by atomic mass is 10.3. The standard InChI is InChI=1S/C33H60O13/c1-32(2)45-30-28-43-26-24-41-22-20-39-18-16-37-14-12-35-10-8-34-9-11-36-13-15-38-17-19-40-21-23-42-25-27-44-29-31-46-33-6-4-3-5-7-33/h3-7,32H,8-31H2,1-2H3. The summed E-state index contributed by atoms with van der Waals surface area (Å²) in [6.45, 7) is 16.7. The summed E-state index contributed by atoms with van der Waals surface area (Å²) in [6.07, 6.45) is 0.231. The predicted molar refractivity (Wildman–Crippen MR) is 172 cm³/mol. The van der Waals surface area contributed by atoms with Gasteiger partial charge in [0.1, 0.15) is 12.4 Å². The van der Waals surface area contributed by atoms with Crippen LogP contribution in [0.15, 0.2) is 30.3 Å². The van der Waals surface area contributed by atoms with Gasteiger partial charge in [-0.1, -0.05) is 18.2 Å². The van der Waals surface area contributed by atoms with Crippen molar-refractivity contribution in [1.29, 1.82) is 0 Å². The molecule has 0 atom stereocenters. The molecule has 46 heavy (non-hydrogen) atoms. The van der Waals surface area contributed by atoms with Crippen LogP contribution >= 0.6 is 0 Å². The normalized spacial score (nSPS) is 11.5. The van der Waals surface area contributed by atoms with E-state index in [-0.39, 0.29) is 6.10 Å². The van der Waals surface area contributed by atoms with Crippen LogP contribution in [0.25, 0.3) is 0 Å². The van der Waals surface area contributed by atoms with Gasteiger partial charge < -0.3 is 61.6 Å². The number of hydrogen-bond acceptors (Lipinski definition) is 13. The molecule has 0 heterocycles. The molecule has 0 radical (unpaired) electrons. The molecular weight excluding hydrogens is 604 g/mol. The van der Waals surface area contributed by atoms with Crippen LogP contribution in [0.4, 0.5) is 0 Å². The van der Waals surface area contributed by atoms with E-state index >= 15 is 0 Å². The first kappa shape index (κ1) is 42.6. The van der Waals surface area contributed by atoms with Gasteiger partial charge in [-0.2, -0.15) is 0 Å². The fourth-order valence-electron chi connectivity index (χ4n) is 3.38. The van der Waals surface area contributed by atoms with E-state index in [0.717, 1.165) is 5.75 Å². The van der Waals surface area contributed by atoms with Gasteiger partial charge in [0.25, 0.3) is 0 Å². The fraction of sp³-hybridized carbons (Fsp3) is 0.818. The van der Waals surface area contributed by atoms with Gasteiger partial charge in [0.2, 0.25) is 0 Å². The average molecular weight is 665 g/mol. The van der Waals surface area contributed by atoms with Gasteiger partial charge in [-0.05, 0) is 26.0 Å². The second-order valence-corrected chi connectivity index (χ2v) is 9.82. The van der Waals surface area contributed by atoms with Crippen molar-refractivity contribution in [3.05, 3.63) is 30.3 Å². The number of para-hydroxylation sites is 1. The van der Waals surface area contributed by atoms with E-state index < -0.39 is 0 Å². The van der Waals surface area contributed by atoms with Crippen molar-refractivity contribution in [2.75, 3.05) is 159 Å². The van der Waals surface area contributed by atoms with Crippen LogP contribution < -0.4 is 4.74 Å². The van der Waals surface area contributed by atoms with Gasteiger partial charge in [0.05, 0.1) is 158 Å². The minimum atomic E-state index is 0.231. The monoisotopic (exact) mass is 664 g/mol. The highest BCUT2D eigenvalue weighted by Gasteiger charge is 1.97. The third-order valence-electron chi connectivity index (χ3n) is 5.64. The lowest BCUT2D eigenvalue weighted by Gasteiger charge is -2.09. The second kappa shape index (κ2) is 36.4. The zero-order valence-electron chi connectivity index (χ0n) is 28.2. The molecule has 0 amide bonds. The zero-order chi connectivity index (χ0) is 32.9. The van der Waals surface area contributed by atoms with Gasteiger partial charge in [0.15, 0.2) is 0 Å². The number of hydrogen-bond donors (Lipinski definition) is 0. The molecule has 13 heteroatoms. The van der Waals surface area contributed by atoms with E-state index in [9.17, 15) is 0 Å². The summed E-state index contributed by atoms with van der Waals surface area (Å²) in [5, 5.41) is 0. The number of benzene rings is 1. The van der Waals surface area contributed by atoms with Crippen LogP contribution in [0.1, 0.15) is 13.8 Å². The maximum Gasteiger partial charge on any atom is 0.119 e. The Bertz CT molecular complexity index is 699. The first-order valence-corrected chi connectivity index (χ1v) is 16.4. The van der Waals surface area contributed by atoms with Gasteiger partial charge in [-0.3, -0.25) is 0 Å². The van der Waals surface area contributed by atoms with Crippen molar-refractivity contribution in [1.82, 2.24) is 0 Å². The van der Waals surface area contributed by atoms with Crippen LogP contribution in [0.5, 0.6) is 5.75 Å². The minimum Gasteiger partial charge on any atom is -0.491 e. The van der Waals surface area contributed by atoms with Gasteiger partial charge >= 0.3 is 0 Å². The minimum absolute atomic E-state index is 0.231. The van der Waals surface area contributed by atoms with Crippen molar-refractivity contribution in [2.24, 2.45) is 0 Å². The fourth-order valence-corrected chi connectivity index (χ4v) is 3.38. The van der Waals surface area contributed by atoms with Crippen LogP contribution in [0, 0.1) is 0 Å². The molecule has 0 spiro atoms. The molecule has 0 saturated carbocycles. The van der Waals surface area contributed by atoms with Gasteiger partial charge in [0, 0.05) is 0 Å².